The molecule has 0 atom stereocenters. The molecule has 108 valence electrons. The molecule has 1 aromatic heterocycles. The number of Topliss-reactive ketones (excluding diaryl/α,β-unsaturated/α-hetero) is 1. The van der Waals surface area contributed by atoms with Crippen LogP contribution in [0.5, 0.6) is 0 Å². The third-order valence-electron chi connectivity index (χ3n) is 2.87. The van der Waals surface area contributed by atoms with Crippen molar-refractivity contribution in [2.75, 3.05) is 26.0 Å². The Morgan fingerprint density at radius 1 is 1.00 bits per heavy atom. The van der Waals surface area contributed by atoms with Crippen molar-refractivity contribution >= 4 is 17.4 Å². The lowest BCUT2D eigenvalue weighted by Crippen LogP contribution is -2.21. The highest BCUT2D eigenvalue weighted by molar-refractivity contribution is 6.04. The Bertz CT molecular complexity index is 622. The summed E-state index contributed by atoms with van der Waals surface area (Å²) in [6.45, 7) is 0.364. The number of ketones is 1. The topological polar surface area (TPSA) is 62.3 Å². The number of benzene rings is 1. The van der Waals surface area contributed by atoms with Crippen LogP contribution >= 0.6 is 0 Å². The molecule has 0 aliphatic heterocycles. The van der Waals surface area contributed by atoms with Crippen LogP contribution < -0.4 is 5.32 Å². The number of carbonyl (C=O) groups is 2. The molecule has 0 bridgehead atoms. The van der Waals surface area contributed by atoms with Crippen LogP contribution in [0, 0.1) is 0 Å². The molecule has 1 heterocycles. The highest BCUT2D eigenvalue weighted by atomic mass is 16.1. The standard InChI is InChI=1S/C16H17N3O2/c1-19(2)11-15(20)12-3-5-14(6-4-12)18-16(21)13-7-9-17-10-8-13/h3-10H,11H2,1-2H3,(H,18,21). The Balaban J connectivity index is 2.03. The van der Waals surface area contributed by atoms with Crippen molar-refractivity contribution < 1.29 is 9.59 Å². The molecule has 1 aromatic carbocycles. The van der Waals surface area contributed by atoms with Gasteiger partial charge < -0.3 is 10.2 Å². The van der Waals surface area contributed by atoms with E-state index in [2.05, 4.69) is 10.3 Å². The normalized spacial score (nSPS) is 10.4. The first-order valence-electron chi connectivity index (χ1n) is 6.55. The second kappa shape index (κ2) is 6.76. The molecule has 5 heteroatoms. The molecule has 21 heavy (non-hydrogen) atoms. The van der Waals surface area contributed by atoms with Crippen molar-refractivity contribution in [1.29, 1.82) is 0 Å². The average molecular weight is 283 g/mol. The number of likely N-dealkylation sites (N-methyl/N-ethyl adjacent to an activating group) is 1. The van der Waals surface area contributed by atoms with Gasteiger partial charge in [0.15, 0.2) is 5.78 Å². The number of aromatic nitrogens is 1. The summed E-state index contributed by atoms with van der Waals surface area (Å²) in [6.07, 6.45) is 3.13. The molecule has 0 spiro atoms. The van der Waals surface area contributed by atoms with E-state index in [9.17, 15) is 9.59 Å². The lowest BCUT2D eigenvalue weighted by atomic mass is 10.1. The van der Waals surface area contributed by atoms with E-state index in [1.807, 2.05) is 19.0 Å². The summed E-state index contributed by atoms with van der Waals surface area (Å²) in [4.78, 5) is 29.5. The summed E-state index contributed by atoms with van der Waals surface area (Å²) in [5.74, 6) is -0.156. The zero-order valence-electron chi connectivity index (χ0n) is 12.0. The van der Waals surface area contributed by atoms with Crippen LogP contribution in [0.3, 0.4) is 0 Å². The maximum Gasteiger partial charge on any atom is 0.255 e. The lowest BCUT2D eigenvalue weighted by molar-refractivity contribution is 0.0957. The molecule has 0 saturated heterocycles. The second-order valence-corrected chi connectivity index (χ2v) is 4.93. The number of pyridine rings is 1. The molecule has 0 aliphatic carbocycles. The van der Waals surface area contributed by atoms with Crippen molar-refractivity contribution in [3.8, 4) is 0 Å². The highest BCUT2D eigenvalue weighted by Gasteiger charge is 2.08. The predicted octanol–water partition coefficient (Wildman–Crippen LogP) is 2.08. The first kappa shape index (κ1) is 14.9. The van der Waals surface area contributed by atoms with Crippen molar-refractivity contribution in [3.63, 3.8) is 0 Å². The van der Waals surface area contributed by atoms with E-state index >= 15 is 0 Å². The van der Waals surface area contributed by atoms with Gasteiger partial charge in [-0.15, -0.1) is 0 Å². The number of nitrogens with zero attached hydrogens (tertiary/aromatic N) is 2. The maximum atomic E-state index is 12.0. The van der Waals surface area contributed by atoms with Gasteiger partial charge in [-0.3, -0.25) is 14.6 Å². The molecule has 1 N–H and O–H groups in total. The van der Waals surface area contributed by atoms with E-state index in [1.54, 1.807) is 48.8 Å². The highest BCUT2D eigenvalue weighted by Crippen LogP contribution is 2.12. The molecule has 0 unspecified atom stereocenters. The van der Waals surface area contributed by atoms with Gasteiger partial charge in [0.2, 0.25) is 0 Å². The van der Waals surface area contributed by atoms with E-state index < -0.39 is 0 Å². The van der Waals surface area contributed by atoms with Crippen molar-refractivity contribution in [3.05, 3.63) is 59.9 Å². The number of hydrogen-bond acceptors (Lipinski definition) is 4. The van der Waals surface area contributed by atoms with Crippen LogP contribution in [0.15, 0.2) is 48.8 Å². The maximum absolute atomic E-state index is 12.0. The minimum absolute atomic E-state index is 0.0482. The Morgan fingerprint density at radius 3 is 2.19 bits per heavy atom. The molecule has 0 saturated carbocycles. The average Bonchev–Trinajstić information content (AvgIpc) is 2.48. The first-order valence-corrected chi connectivity index (χ1v) is 6.55. The van der Waals surface area contributed by atoms with E-state index in [1.165, 1.54) is 0 Å². The predicted molar refractivity (Wildman–Crippen MR) is 81.5 cm³/mol. The Kier molecular flexibility index (Phi) is 4.79. The first-order chi connectivity index (χ1) is 10.1. The number of nitrogens with one attached hydrogen (secondary N) is 1. The van der Waals surface area contributed by atoms with Gasteiger partial charge in [0.25, 0.3) is 5.91 Å². The van der Waals surface area contributed by atoms with Crippen LogP contribution in [0.1, 0.15) is 20.7 Å². The molecular weight excluding hydrogens is 266 g/mol. The molecule has 0 fully saturated rings. The van der Waals surface area contributed by atoms with Crippen LogP contribution in [0.25, 0.3) is 0 Å². The molecule has 0 radical (unpaired) electrons. The fraction of sp³-hybridized carbons (Fsp3) is 0.188. The third-order valence-corrected chi connectivity index (χ3v) is 2.87. The second-order valence-electron chi connectivity index (χ2n) is 4.93. The minimum atomic E-state index is -0.204. The Morgan fingerprint density at radius 2 is 1.62 bits per heavy atom. The number of rotatable bonds is 5. The smallest absolute Gasteiger partial charge is 0.255 e. The van der Waals surface area contributed by atoms with Crippen molar-refractivity contribution in [2.24, 2.45) is 0 Å². The fourth-order valence-electron chi connectivity index (χ4n) is 1.82. The van der Waals surface area contributed by atoms with Gasteiger partial charge in [-0.25, -0.2) is 0 Å². The van der Waals surface area contributed by atoms with E-state index in [-0.39, 0.29) is 11.7 Å². The monoisotopic (exact) mass is 283 g/mol. The SMILES string of the molecule is CN(C)CC(=O)c1ccc(NC(=O)c2ccncc2)cc1. The number of amides is 1. The Hall–Kier alpha value is -2.53. The van der Waals surface area contributed by atoms with E-state index in [0.29, 0.717) is 23.4 Å². The molecule has 0 aliphatic rings. The van der Waals surface area contributed by atoms with Gasteiger partial charge in [0.1, 0.15) is 0 Å². The van der Waals surface area contributed by atoms with Gasteiger partial charge in [-0.05, 0) is 50.5 Å². The van der Waals surface area contributed by atoms with E-state index in [4.69, 9.17) is 0 Å². The van der Waals surface area contributed by atoms with Crippen LogP contribution in [-0.2, 0) is 0 Å². The fourth-order valence-corrected chi connectivity index (χ4v) is 1.82. The molecule has 2 aromatic rings. The summed E-state index contributed by atoms with van der Waals surface area (Å²) in [7, 11) is 3.70. The minimum Gasteiger partial charge on any atom is -0.322 e. The summed E-state index contributed by atoms with van der Waals surface area (Å²) in [5, 5.41) is 2.78. The van der Waals surface area contributed by atoms with E-state index in [0.717, 1.165) is 0 Å². The third kappa shape index (κ3) is 4.22. The van der Waals surface area contributed by atoms with Gasteiger partial charge in [0.05, 0.1) is 6.54 Å². The molecule has 1 amide bonds. The van der Waals surface area contributed by atoms with Gasteiger partial charge >= 0.3 is 0 Å². The zero-order chi connectivity index (χ0) is 15.2. The largest absolute Gasteiger partial charge is 0.322 e. The Labute approximate surface area is 123 Å². The number of carbonyl (C=O) groups excluding carboxylic acids is 2. The molecule has 5 nitrogen and oxygen atoms in total. The van der Waals surface area contributed by atoms with Crippen molar-refractivity contribution in [1.82, 2.24) is 9.88 Å². The quantitative estimate of drug-likeness (QED) is 0.853. The van der Waals surface area contributed by atoms with Gasteiger partial charge in [-0.1, -0.05) is 0 Å². The summed E-state index contributed by atoms with van der Waals surface area (Å²) in [5.41, 5.74) is 1.82. The van der Waals surface area contributed by atoms with Crippen LogP contribution in [0.4, 0.5) is 5.69 Å². The van der Waals surface area contributed by atoms with Gasteiger partial charge in [-0.2, -0.15) is 0 Å². The van der Waals surface area contributed by atoms with Crippen LogP contribution in [0.2, 0.25) is 0 Å². The number of anilines is 1. The summed E-state index contributed by atoms with van der Waals surface area (Å²) >= 11 is 0. The zero-order valence-corrected chi connectivity index (χ0v) is 12.0. The number of hydrogen-bond donors (Lipinski definition) is 1. The van der Waals surface area contributed by atoms with Crippen LogP contribution in [-0.4, -0.2) is 42.2 Å². The molecule has 2 rings (SSSR count). The summed E-state index contributed by atoms with van der Waals surface area (Å²) < 4.78 is 0. The summed E-state index contributed by atoms with van der Waals surface area (Å²) in [6, 6.07) is 10.2. The molecular formula is C16H17N3O2. The van der Waals surface area contributed by atoms with Gasteiger partial charge in [0, 0.05) is 29.2 Å². The lowest BCUT2D eigenvalue weighted by Gasteiger charge is -2.09. The van der Waals surface area contributed by atoms with Crippen molar-refractivity contribution in [2.45, 2.75) is 0 Å².